The molecular formula is C59H108NO6+. The van der Waals surface area contributed by atoms with Crippen LogP contribution in [-0.2, 0) is 20.7 Å². The molecule has 384 valence electrons. The second-order valence-electron chi connectivity index (χ2n) is 22.7. The van der Waals surface area contributed by atoms with Crippen molar-refractivity contribution in [2.24, 2.45) is 17.8 Å². The normalized spacial score (nSPS) is 17.7. The third-order valence-electron chi connectivity index (χ3n) is 14.8. The maximum atomic E-state index is 13.0. The summed E-state index contributed by atoms with van der Waals surface area (Å²) >= 11 is 0. The topological polar surface area (TPSA) is 82.1 Å². The minimum absolute atomic E-state index is 0.0144. The molecule has 6 unspecified atom stereocenters. The highest BCUT2D eigenvalue weighted by Crippen LogP contribution is 2.40. The zero-order valence-electron chi connectivity index (χ0n) is 45.2. The Morgan fingerprint density at radius 1 is 0.667 bits per heavy atom. The summed E-state index contributed by atoms with van der Waals surface area (Å²) in [5.74, 6) is 3.87. The van der Waals surface area contributed by atoms with Gasteiger partial charge in [-0.3, -0.25) is 9.59 Å². The number of carbonyl (C=O) groups is 2. The number of quaternary nitrogens is 1. The standard InChI is InChI=1S/C59H108NO6/c1-11-13-15-17-18-23-37-54(36-22-16-14-12-2)64-56(62)38-24-19-20-26-43-60(10,47-52(8)61)44-27-21-25-39-57(63)65-55-45-51(7)58-53(46-55)40-42-59(9,66-58)41-30-35-50(6)34-29-33-49(5)32-28-31-48(3)4/h45-46,48-50,52,54,61H,11-44,47H2,1-10H3/q+1. The van der Waals surface area contributed by atoms with Gasteiger partial charge in [-0.2, -0.15) is 0 Å². The molecule has 0 aliphatic carbocycles. The SMILES string of the molecule is CCCCCCCCC(CCCCCC)OC(=O)CCCCCC[N+](C)(CCCCCC(=O)Oc1cc(C)c2c(c1)CCC(C)(CCCC(C)CCCC(C)CCCC(C)C)O2)CC(C)O. The first-order valence-corrected chi connectivity index (χ1v) is 28.3. The smallest absolute Gasteiger partial charge is 0.311 e. The van der Waals surface area contributed by atoms with E-state index in [1.54, 1.807) is 0 Å². The van der Waals surface area contributed by atoms with Crippen LogP contribution in [-0.4, -0.2) is 66.0 Å². The van der Waals surface area contributed by atoms with Crippen LogP contribution in [0.5, 0.6) is 11.5 Å². The first-order chi connectivity index (χ1) is 31.6. The lowest BCUT2D eigenvalue weighted by molar-refractivity contribution is -0.912. The Hall–Kier alpha value is -2.12. The molecule has 0 aromatic heterocycles. The van der Waals surface area contributed by atoms with Crippen molar-refractivity contribution in [3.8, 4) is 11.5 Å². The molecule has 0 saturated heterocycles. The van der Waals surface area contributed by atoms with Gasteiger partial charge >= 0.3 is 11.9 Å². The molecule has 0 saturated carbocycles. The van der Waals surface area contributed by atoms with Gasteiger partial charge in [0.25, 0.3) is 0 Å². The fourth-order valence-corrected chi connectivity index (χ4v) is 10.5. The van der Waals surface area contributed by atoms with Crippen molar-refractivity contribution in [2.45, 2.75) is 286 Å². The van der Waals surface area contributed by atoms with E-state index in [0.29, 0.717) is 18.6 Å². The lowest BCUT2D eigenvalue weighted by Gasteiger charge is -2.37. The largest absolute Gasteiger partial charge is 0.487 e. The molecule has 1 aliphatic heterocycles. The van der Waals surface area contributed by atoms with Crippen LogP contribution in [0.25, 0.3) is 0 Å². The Kier molecular flexibility index (Phi) is 31.9. The Balaban J connectivity index is 1.68. The number of hydrogen-bond acceptors (Lipinski definition) is 6. The predicted octanol–water partition coefficient (Wildman–Crippen LogP) is 16.4. The van der Waals surface area contributed by atoms with E-state index >= 15 is 0 Å². The molecule has 1 N–H and O–H groups in total. The minimum Gasteiger partial charge on any atom is -0.487 e. The van der Waals surface area contributed by atoms with E-state index in [0.717, 1.165) is 149 Å². The average Bonchev–Trinajstić information content (AvgIpc) is 3.24. The number of benzene rings is 1. The second-order valence-corrected chi connectivity index (χ2v) is 22.7. The van der Waals surface area contributed by atoms with Gasteiger partial charge in [0.1, 0.15) is 35.9 Å². The molecule has 1 aliphatic rings. The van der Waals surface area contributed by atoms with Crippen molar-refractivity contribution in [3.05, 3.63) is 23.3 Å². The quantitative estimate of drug-likeness (QED) is 0.0305. The van der Waals surface area contributed by atoms with Crippen molar-refractivity contribution >= 4 is 11.9 Å². The van der Waals surface area contributed by atoms with Gasteiger partial charge in [0, 0.05) is 12.8 Å². The van der Waals surface area contributed by atoms with E-state index in [4.69, 9.17) is 14.2 Å². The predicted molar refractivity (Wildman–Crippen MR) is 280 cm³/mol. The molecule has 0 radical (unpaired) electrons. The number of esters is 2. The lowest BCUT2D eigenvalue weighted by Crippen LogP contribution is -2.49. The monoisotopic (exact) mass is 927 g/mol. The molecule has 1 aromatic carbocycles. The number of fused-ring (bicyclic) bond motifs is 1. The average molecular weight is 928 g/mol. The van der Waals surface area contributed by atoms with Crippen LogP contribution in [0.3, 0.4) is 0 Å². The third-order valence-corrected chi connectivity index (χ3v) is 14.8. The van der Waals surface area contributed by atoms with E-state index < -0.39 is 0 Å². The number of nitrogens with zero attached hydrogens (tertiary/aromatic N) is 1. The molecule has 0 bridgehead atoms. The number of aryl methyl sites for hydroxylation is 2. The number of aliphatic hydroxyl groups excluding tert-OH is 1. The number of ether oxygens (including phenoxy) is 3. The summed E-state index contributed by atoms with van der Waals surface area (Å²) in [6.07, 6.45) is 35.6. The summed E-state index contributed by atoms with van der Waals surface area (Å²) in [6, 6.07) is 4.00. The van der Waals surface area contributed by atoms with E-state index in [9.17, 15) is 14.7 Å². The zero-order valence-corrected chi connectivity index (χ0v) is 45.2. The fraction of sp³-hybridized carbons (Fsp3) is 0.864. The van der Waals surface area contributed by atoms with E-state index in [1.165, 1.54) is 103 Å². The summed E-state index contributed by atoms with van der Waals surface area (Å²) in [5.41, 5.74) is 2.05. The molecule has 0 fully saturated rings. The van der Waals surface area contributed by atoms with Gasteiger partial charge < -0.3 is 23.8 Å². The maximum absolute atomic E-state index is 13.0. The van der Waals surface area contributed by atoms with Crippen molar-refractivity contribution in [1.82, 2.24) is 0 Å². The molecule has 2 rings (SSSR count). The minimum atomic E-state index is -0.364. The summed E-state index contributed by atoms with van der Waals surface area (Å²) in [4.78, 5) is 25.8. The third kappa shape index (κ3) is 28.4. The van der Waals surface area contributed by atoms with Gasteiger partial charge in [-0.1, -0.05) is 144 Å². The molecule has 1 heterocycles. The van der Waals surface area contributed by atoms with Gasteiger partial charge in [-0.25, -0.2) is 0 Å². The number of likely N-dealkylation sites (N-methyl/N-ethyl adjacent to an activating group) is 1. The number of unbranched alkanes of at least 4 members (excludes halogenated alkanes) is 13. The molecular weight excluding hydrogens is 819 g/mol. The van der Waals surface area contributed by atoms with Gasteiger partial charge in [0.15, 0.2) is 0 Å². The highest BCUT2D eigenvalue weighted by Gasteiger charge is 2.33. The highest BCUT2D eigenvalue weighted by molar-refractivity contribution is 5.72. The van der Waals surface area contributed by atoms with Crippen LogP contribution in [0.2, 0.25) is 0 Å². The molecule has 7 nitrogen and oxygen atoms in total. The van der Waals surface area contributed by atoms with Crippen LogP contribution >= 0.6 is 0 Å². The maximum Gasteiger partial charge on any atom is 0.311 e. The van der Waals surface area contributed by atoms with Gasteiger partial charge in [-0.05, 0) is 152 Å². The van der Waals surface area contributed by atoms with Crippen LogP contribution < -0.4 is 9.47 Å². The van der Waals surface area contributed by atoms with Gasteiger partial charge in [0.2, 0.25) is 0 Å². The fourth-order valence-electron chi connectivity index (χ4n) is 10.5. The molecule has 0 amide bonds. The number of carbonyl (C=O) groups excluding carboxylic acids is 2. The lowest BCUT2D eigenvalue weighted by atomic mass is 9.85. The molecule has 6 atom stereocenters. The molecule has 1 aromatic rings. The summed E-state index contributed by atoms with van der Waals surface area (Å²) in [7, 11) is 2.26. The zero-order chi connectivity index (χ0) is 48.6. The molecule has 0 spiro atoms. The number of hydrogen-bond donors (Lipinski definition) is 1. The van der Waals surface area contributed by atoms with Crippen molar-refractivity contribution in [3.63, 3.8) is 0 Å². The van der Waals surface area contributed by atoms with Crippen molar-refractivity contribution < 1.29 is 33.4 Å². The van der Waals surface area contributed by atoms with Gasteiger partial charge in [0.05, 0.1) is 20.1 Å². The van der Waals surface area contributed by atoms with E-state index in [-0.39, 0.29) is 29.7 Å². The Bertz CT molecular complexity index is 1410. The molecule has 7 heteroatoms. The Labute approximate surface area is 408 Å². The Morgan fingerprint density at radius 3 is 1.79 bits per heavy atom. The number of aliphatic hydroxyl groups is 1. The van der Waals surface area contributed by atoms with Gasteiger partial charge in [-0.15, -0.1) is 0 Å². The van der Waals surface area contributed by atoms with Crippen molar-refractivity contribution in [1.29, 1.82) is 0 Å². The first-order valence-electron chi connectivity index (χ1n) is 28.3. The number of rotatable bonds is 41. The highest BCUT2D eigenvalue weighted by atomic mass is 16.5. The van der Waals surface area contributed by atoms with Crippen LogP contribution in [0.4, 0.5) is 0 Å². The summed E-state index contributed by atoms with van der Waals surface area (Å²) < 4.78 is 19.5. The van der Waals surface area contributed by atoms with Crippen LogP contribution in [0, 0.1) is 24.7 Å². The van der Waals surface area contributed by atoms with Crippen LogP contribution in [0.15, 0.2) is 12.1 Å². The second kappa shape index (κ2) is 35.1. The van der Waals surface area contributed by atoms with Crippen LogP contribution in [0.1, 0.15) is 266 Å². The molecule has 66 heavy (non-hydrogen) atoms. The Morgan fingerprint density at radius 2 is 1.18 bits per heavy atom. The first kappa shape index (κ1) is 60.0. The summed E-state index contributed by atoms with van der Waals surface area (Å²) in [6.45, 7) is 23.0. The van der Waals surface area contributed by atoms with E-state index in [2.05, 4.69) is 62.4 Å². The van der Waals surface area contributed by atoms with Crippen molar-refractivity contribution in [2.75, 3.05) is 26.7 Å². The summed E-state index contributed by atoms with van der Waals surface area (Å²) in [5, 5.41) is 10.4. The van der Waals surface area contributed by atoms with E-state index in [1.807, 2.05) is 19.1 Å².